The van der Waals surface area contributed by atoms with E-state index in [9.17, 15) is 21.6 Å². The summed E-state index contributed by atoms with van der Waals surface area (Å²) in [6, 6.07) is 9.62. The fourth-order valence-electron chi connectivity index (χ4n) is 2.39. The molecule has 0 radical (unpaired) electrons. The first kappa shape index (κ1) is 21.9. The molecule has 0 aliphatic carbocycles. The molecule has 0 spiro atoms. The summed E-state index contributed by atoms with van der Waals surface area (Å²) in [4.78, 5) is 11.8. The number of sulfone groups is 1. The van der Waals surface area contributed by atoms with Crippen LogP contribution >= 0.6 is 0 Å². The van der Waals surface area contributed by atoms with Crippen LogP contribution in [0.25, 0.3) is 0 Å². The zero-order valence-electron chi connectivity index (χ0n) is 15.6. The molecule has 0 atom stereocenters. The smallest absolute Gasteiger partial charge is 0.341 e. The van der Waals surface area contributed by atoms with E-state index in [1.54, 1.807) is 12.1 Å². The van der Waals surface area contributed by atoms with Crippen molar-refractivity contribution < 1.29 is 31.1 Å². The lowest BCUT2D eigenvalue weighted by atomic mass is 10.1. The fourth-order valence-corrected chi connectivity index (χ4v) is 4.29. The molecule has 0 aromatic heterocycles. The van der Waals surface area contributed by atoms with Gasteiger partial charge in [-0.05, 0) is 42.0 Å². The van der Waals surface area contributed by atoms with Crippen LogP contribution in [0, 0.1) is 0 Å². The second kappa shape index (κ2) is 8.72. The Morgan fingerprint density at radius 1 is 0.964 bits per heavy atom. The van der Waals surface area contributed by atoms with E-state index in [-0.39, 0.29) is 27.7 Å². The number of methoxy groups -OCH3 is 2. The molecule has 28 heavy (non-hydrogen) atoms. The third-order valence-corrected chi connectivity index (χ3v) is 7.18. The van der Waals surface area contributed by atoms with Crippen LogP contribution in [0.5, 0.6) is 5.75 Å². The number of carbonyl (C=O) groups excluding carboxylic acids is 1. The van der Waals surface area contributed by atoms with Gasteiger partial charge in [0, 0.05) is 6.54 Å². The Morgan fingerprint density at radius 3 is 2.11 bits per heavy atom. The Labute approximate surface area is 164 Å². The number of benzene rings is 2. The van der Waals surface area contributed by atoms with Gasteiger partial charge < -0.3 is 9.47 Å². The van der Waals surface area contributed by atoms with E-state index in [1.165, 1.54) is 51.5 Å². The van der Waals surface area contributed by atoms with Gasteiger partial charge in [0.1, 0.15) is 11.3 Å². The standard InChI is InChI=1S/C18H21NO7S2/c1-4-27(21,22)14-6-8-15(9-7-14)28(23,24)19-12-13-5-10-17(25-2)16(11-13)18(20)26-3/h5-11,19H,4,12H2,1-3H3. The van der Waals surface area contributed by atoms with E-state index in [0.717, 1.165) is 0 Å². The number of carbonyl (C=O) groups is 1. The molecule has 10 heteroatoms. The highest BCUT2D eigenvalue weighted by Gasteiger charge is 2.18. The second-order valence-corrected chi connectivity index (χ2v) is 9.77. The Kier molecular flexibility index (Phi) is 6.81. The molecule has 0 saturated carbocycles. The SMILES string of the molecule is CCS(=O)(=O)c1ccc(S(=O)(=O)NCc2ccc(OC)c(C(=O)OC)c2)cc1. The van der Waals surface area contributed by atoms with Crippen molar-refractivity contribution in [2.45, 2.75) is 23.3 Å². The van der Waals surface area contributed by atoms with Gasteiger partial charge in [-0.3, -0.25) is 0 Å². The number of ether oxygens (including phenoxy) is 2. The highest BCUT2D eigenvalue weighted by Crippen LogP contribution is 2.21. The zero-order valence-corrected chi connectivity index (χ0v) is 17.3. The molecule has 0 unspecified atom stereocenters. The van der Waals surface area contributed by atoms with E-state index in [4.69, 9.17) is 4.74 Å². The summed E-state index contributed by atoms with van der Waals surface area (Å²) < 4.78 is 60.8. The maximum atomic E-state index is 12.5. The van der Waals surface area contributed by atoms with Crippen LogP contribution in [-0.4, -0.2) is 42.8 Å². The lowest BCUT2D eigenvalue weighted by Gasteiger charge is -2.11. The predicted octanol–water partition coefficient (Wildman–Crippen LogP) is 1.75. The maximum Gasteiger partial charge on any atom is 0.341 e. The van der Waals surface area contributed by atoms with Crippen LogP contribution in [0.1, 0.15) is 22.8 Å². The molecule has 0 heterocycles. The molecule has 0 aliphatic heterocycles. The highest BCUT2D eigenvalue weighted by atomic mass is 32.2. The minimum atomic E-state index is -3.87. The topological polar surface area (TPSA) is 116 Å². The van der Waals surface area contributed by atoms with Crippen molar-refractivity contribution in [1.29, 1.82) is 0 Å². The van der Waals surface area contributed by atoms with Crippen LogP contribution < -0.4 is 9.46 Å². The third kappa shape index (κ3) is 4.89. The van der Waals surface area contributed by atoms with Gasteiger partial charge in [0.15, 0.2) is 9.84 Å². The minimum Gasteiger partial charge on any atom is -0.496 e. The molecule has 0 fully saturated rings. The third-order valence-electron chi connectivity index (χ3n) is 4.01. The number of hydrogen-bond donors (Lipinski definition) is 1. The van der Waals surface area contributed by atoms with E-state index in [1.807, 2.05) is 0 Å². The Bertz CT molecular complexity index is 1060. The van der Waals surface area contributed by atoms with E-state index >= 15 is 0 Å². The van der Waals surface area contributed by atoms with Crippen LogP contribution in [0.15, 0.2) is 52.3 Å². The predicted molar refractivity (Wildman–Crippen MR) is 103 cm³/mol. The zero-order chi connectivity index (χ0) is 20.9. The summed E-state index contributed by atoms with van der Waals surface area (Å²) in [6.45, 7) is 1.43. The van der Waals surface area contributed by atoms with Crippen molar-refractivity contribution in [1.82, 2.24) is 4.72 Å². The summed E-state index contributed by atoms with van der Waals surface area (Å²) in [5.41, 5.74) is 0.700. The summed E-state index contributed by atoms with van der Waals surface area (Å²) in [7, 11) is -4.64. The van der Waals surface area contributed by atoms with Gasteiger partial charge in [-0.2, -0.15) is 0 Å². The Balaban J connectivity index is 2.21. The minimum absolute atomic E-state index is 0.0619. The van der Waals surface area contributed by atoms with E-state index in [0.29, 0.717) is 11.3 Å². The van der Waals surface area contributed by atoms with Gasteiger partial charge in [0.25, 0.3) is 0 Å². The number of esters is 1. The first-order valence-corrected chi connectivity index (χ1v) is 11.4. The lowest BCUT2D eigenvalue weighted by Crippen LogP contribution is -2.23. The summed E-state index contributed by atoms with van der Waals surface area (Å²) in [5.74, 6) is -0.363. The van der Waals surface area contributed by atoms with Crippen LogP contribution in [0.3, 0.4) is 0 Å². The molecule has 0 saturated heterocycles. The Hall–Kier alpha value is -2.43. The highest BCUT2D eigenvalue weighted by molar-refractivity contribution is 7.91. The van der Waals surface area contributed by atoms with Crippen molar-refractivity contribution in [2.24, 2.45) is 0 Å². The fraction of sp³-hybridized carbons (Fsp3) is 0.278. The van der Waals surface area contributed by atoms with Crippen molar-refractivity contribution in [3.63, 3.8) is 0 Å². The molecular weight excluding hydrogens is 406 g/mol. The molecule has 0 amide bonds. The Morgan fingerprint density at radius 2 is 1.57 bits per heavy atom. The molecule has 2 rings (SSSR count). The number of rotatable bonds is 8. The summed E-state index contributed by atoms with van der Waals surface area (Å²) >= 11 is 0. The van der Waals surface area contributed by atoms with Gasteiger partial charge in [-0.25, -0.2) is 26.4 Å². The second-order valence-electron chi connectivity index (χ2n) is 5.73. The van der Waals surface area contributed by atoms with Crippen LogP contribution in [0.2, 0.25) is 0 Å². The van der Waals surface area contributed by atoms with Crippen molar-refractivity contribution in [2.75, 3.05) is 20.0 Å². The number of nitrogens with one attached hydrogen (secondary N) is 1. The number of sulfonamides is 1. The van der Waals surface area contributed by atoms with Gasteiger partial charge in [-0.15, -0.1) is 0 Å². The van der Waals surface area contributed by atoms with Crippen LogP contribution in [-0.2, 0) is 31.1 Å². The largest absolute Gasteiger partial charge is 0.496 e. The maximum absolute atomic E-state index is 12.5. The molecular formula is C18H21NO7S2. The molecule has 1 N–H and O–H groups in total. The summed E-state index contributed by atoms with van der Waals surface area (Å²) in [5, 5.41) is 0. The molecule has 2 aromatic rings. The van der Waals surface area contributed by atoms with Crippen LogP contribution in [0.4, 0.5) is 0 Å². The average Bonchev–Trinajstić information content (AvgIpc) is 2.71. The van der Waals surface area contributed by atoms with Gasteiger partial charge in [-0.1, -0.05) is 13.0 Å². The molecule has 0 aliphatic rings. The van der Waals surface area contributed by atoms with Gasteiger partial charge >= 0.3 is 5.97 Å². The molecule has 8 nitrogen and oxygen atoms in total. The van der Waals surface area contributed by atoms with Gasteiger partial charge in [0.2, 0.25) is 10.0 Å². The van der Waals surface area contributed by atoms with Gasteiger partial charge in [0.05, 0.1) is 29.8 Å². The first-order valence-electron chi connectivity index (χ1n) is 8.22. The monoisotopic (exact) mass is 427 g/mol. The molecule has 2 aromatic carbocycles. The summed E-state index contributed by atoms with van der Waals surface area (Å²) in [6.07, 6.45) is 0. The lowest BCUT2D eigenvalue weighted by molar-refractivity contribution is 0.0597. The molecule has 152 valence electrons. The van der Waals surface area contributed by atoms with E-state index in [2.05, 4.69) is 9.46 Å². The van der Waals surface area contributed by atoms with E-state index < -0.39 is 25.8 Å². The normalized spacial score (nSPS) is 11.8. The van der Waals surface area contributed by atoms with Crippen molar-refractivity contribution >= 4 is 25.8 Å². The number of hydrogen-bond acceptors (Lipinski definition) is 7. The quantitative estimate of drug-likeness (QED) is 0.638. The average molecular weight is 428 g/mol. The molecule has 0 bridgehead atoms. The first-order chi connectivity index (χ1) is 13.1. The van der Waals surface area contributed by atoms with Crippen molar-refractivity contribution in [3.05, 3.63) is 53.6 Å². The van der Waals surface area contributed by atoms with Crippen molar-refractivity contribution in [3.8, 4) is 5.75 Å².